The summed E-state index contributed by atoms with van der Waals surface area (Å²) in [6.07, 6.45) is 0. The number of hydrogen-bond donors (Lipinski definition) is 2. The Balaban J connectivity index is 2.78. The molecule has 0 saturated heterocycles. The van der Waals surface area contributed by atoms with Crippen molar-refractivity contribution in [3.8, 4) is 0 Å². The van der Waals surface area contributed by atoms with E-state index in [0.717, 1.165) is 5.69 Å². The molecule has 0 aromatic heterocycles. The largest absolute Gasteiger partial charge is 0.480 e. The van der Waals surface area contributed by atoms with Crippen LogP contribution in [0, 0.1) is 0 Å². The molecule has 9 heteroatoms. The predicted molar refractivity (Wildman–Crippen MR) is 93.2 cm³/mol. The molecule has 0 fully saturated rings. The molecular formula is C14H20Cl2N2O4S. The van der Waals surface area contributed by atoms with Crippen molar-refractivity contribution < 1.29 is 18.3 Å². The minimum Gasteiger partial charge on any atom is -0.480 e. The monoisotopic (exact) mass is 382 g/mol. The van der Waals surface area contributed by atoms with Gasteiger partial charge in [0, 0.05) is 30.5 Å². The Morgan fingerprint density at radius 2 is 1.70 bits per heavy atom. The van der Waals surface area contributed by atoms with E-state index in [9.17, 15) is 13.2 Å². The fourth-order valence-corrected chi connectivity index (χ4v) is 3.95. The maximum absolute atomic E-state index is 11.9. The molecular weight excluding hydrogens is 363 g/mol. The molecule has 1 aromatic rings. The third-order valence-corrected chi connectivity index (χ3v) is 5.13. The van der Waals surface area contributed by atoms with E-state index in [-0.39, 0.29) is 5.75 Å². The van der Waals surface area contributed by atoms with E-state index in [1.165, 1.54) is 0 Å². The molecule has 0 aliphatic heterocycles. The minimum absolute atomic E-state index is 0.251. The molecule has 1 atom stereocenters. The van der Waals surface area contributed by atoms with Crippen molar-refractivity contribution in [2.24, 2.45) is 5.73 Å². The first-order valence-corrected chi connectivity index (χ1v) is 9.82. The highest BCUT2D eigenvalue weighted by Crippen LogP contribution is 2.17. The van der Waals surface area contributed by atoms with Crippen LogP contribution in [0.25, 0.3) is 0 Å². The van der Waals surface area contributed by atoms with Crippen molar-refractivity contribution in [3.05, 3.63) is 29.8 Å². The molecule has 1 unspecified atom stereocenters. The van der Waals surface area contributed by atoms with Gasteiger partial charge < -0.3 is 15.7 Å². The van der Waals surface area contributed by atoms with Gasteiger partial charge in [0.2, 0.25) is 0 Å². The lowest BCUT2D eigenvalue weighted by Crippen LogP contribution is -2.37. The fourth-order valence-electron chi connectivity index (χ4n) is 2.03. The summed E-state index contributed by atoms with van der Waals surface area (Å²) in [6.45, 7) is 1.28. The molecule has 0 radical (unpaired) electrons. The molecule has 0 spiro atoms. The molecule has 0 heterocycles. The van der Waals surface area contributed by atoms with Crippen molar-refractivity contribution >= 4 is 44.7 Å². The van der Waals surface area contributed by atoms with E-state index in [0.29, 0.717) is 30.4 Å². The highest BCUT2D eigenvalue weighted by atomic mass is 35.5. The molecule has 0 amide bonds. The molecule has 0 aliphatic carbocycles. The smallest absolute Gasteiger partial charge is 0.321 e. The maximum Gasteiger partial charge on any atom is 0.321 e. The number of carbonyl (C=O) groups is 1. The Hall–Kier alpha value is -1.02. The van der Waals surface area contributed by atoms with Crippen LogP contribution in [0.15, 0.2) is 24.3 Å². The number of nitrogens with zero attached hydrogens (tertiary/aromatic N) is 1. The minimum atomic E-state index is -3.59. The van der Waals surface area contributed by atoms with Crippen molar-refractivity contribution in [2.75, 3.05) is 35.5 Å². The van der Waals surface area contributed by atoms with E-state index in [1.54, 1.807) is 24.3 Å². The van der Waals surface area contributed by atoms with Gasteiger partial charge in [-0.1, -0.05) is 12.1 Å². The second-order valence-electron chi connectivity index (χ2n) is 5.03. The zero-order valence-electron chi connectivity index (χ0n) is 12.5. The summed E-state index contributed by atoms with van der Waals surface area (Å²) >= 11 is 11.5. The van der Waals surface area contributed by atoms with Gasteiger partial charge >= 0.3 is 5.97 Å². The number of carboxylic acids is 1. The molecule has 1 aromatic carbocycles. The molecule has 0 bridgehead atoms. The van der Waals surface area contributed by atoms with Crippen molar-refractivity contribution in [1.82, 2.24) is 0 Å². The molecule has 0 saturated carbocycles. The summed E-state index contributed by atoms with van der Waals surface area (Å²) < 4.78 is 23.9. The van der Waals surface area contributed by atoms with Gasteiger partial charge in [-0.05, 0) is 17.7 Å². The van der Waals surface area contributed by atoms with Crippen LogP contribution in [-0.2, 0) is 20.4 Å². The lowest BCUT2D eigenvalue weighted by molar-refractivity contribution is -0.137. The molecule has 3 N–H and O–H groups in total. The Morgan fingerprint density at radius 3 is 2.13 bits per heavy atom. The zero-order chi connectivity index (χ0) is 17.5. The van der Waals surface area contributed by atoms with E-state index in [2.05, 4.69) is 0 Å². The number of nitrogens with two attached hydrogens (primary N) is 1. The van der Waals surface area contributed by atoms with E-state index in [4.69, 9.17) is 34.0 Å². The zero-order valence-corrected chi connectivity index (χ0v) is 14.8. The topological polar surface area (TPSA) is 101 Å². The summed E-state index contributed by atoms with van der Waals surface area (Å²) in [5, 5.41) is 8.69. The third-order valence-electron chi connectivity index (χ3n) is 3.15. The number of anilines is 1. The average Bonchev–Trinajstić information content (AvgIpc) is 2.47. The van der Waals surface area contributed by atoms with Gasteiger partial charge in [-0.25, -0.2) is 8.42 Å². The number of rotatable bonds is 10. The summed E-state index contributed by atoms with van der Waals surface area (Å²) in [5.41, 5.74) is 6.75. The van der Waals surface area contributed by atoms with Crippen LogP contribution in [-0.4, -0.2) is 56.1 Å². The second kappa shape index (κ2) is 9.32. The Labute approximate surface area is 146 Å². The number of sulfone groups is 1. The molecule has 23 heavy (non-hydrogen) atoms. The Bertz CT molecular complexity index is 602. The first-order valence-electron chi connectivity index (χ1n) is 6.93. The number of alkyl halides is 2. The predicted octanol–water partition coefficient (Wildman–Crippen LogP) is 1.30. The fraction of sp³-hybridized carbons (Fsp3) is 0.500. The Kier molecular flexibility index (Phi) is 8.11. The Morgan fingerprint density at radius 1 is 1.17 bits per heavy atom. The maximum atomic E-state index is 11.9. The third kappa shape index (κ3) is 6.95. The van der Waals surface area contributed by atoms with Crippen molar-refractivity contribution in [3.63, 3.8) is 0 Å². The van der Waals surface area contributed by atoms with Crippen LogP contribution in [0.5, 0.6) is 0 Å². The van der Waals surface area contributed by atoms with Crippen LogP contribution in [0.4, 0.5) is 5.69 Å². The second-order valence-corrected chi connectivity index (χ2v) is 7.90. The van der Waals surface area contributed by atoms with Crippen LogP contribution in [0.1, 0.15) is 5.56 Å². The lowest BCUT2D eigenvalue weighted by Gasteiger charge is -2.23. The normalized spacial score (nSPS) is 12.8. The quantitative estimate of drug-likeness (QED) is 0.591. The molecule has 0 aliphatic rings. The average molecular weight is 383 g/mol. The molecule has 6 nitrogen and oxygen atoms in total. The van der Waals surface area contributed by atoms with Gasteiger partial charge in [-0.2, -0.15) is 0 Å². The highest BCUT2D eigenvalue weighted by Gasteiger charge is 2.21. The van der Waals surface area contributed by atoms with E-state index >= 15 is 0 Å². The van der Waals surface area contributed by atoms with Gasteiger partial charge in [0.05, 0.1) is 11.5 Å². The van der Waals surface area contributed by atoms with Crippen molar-refractivity contribution in [1.29, 1.82) is 0 Å². The first-order chi connectivity index (χ1) is 10.8. The number of hydrogen-bond acceptors (Lipinski definition) is 5. The van der Waals surface area contributed by atoms with Crippen LogP contribution in [0.2, 0.25) is 0 Å². The summed E-state index contributed by atoms with van der Waals surface area (Å²) in [6, 6.07) is 5.55. The van der Waals surface area contributed by atoms with Crippen LogP contribution < -0.4 is 10.6 Å². The summed E-state index contributed by atoms with van der Waals surface area (Å²) in [7, 11) is -3.59. The highest BCUT2D eigenvalue weighted by molar-refractivity contribution is 7.90. The van der Waals surface area contributed by atoms with Gasteiger partial charge in [-0.15, -0.1) is 23.2 Å². The number of carboxylic acid groups (broad SMARTS) is 1. The van der Waals surface area contributed by atoms with Crippen LogP contribution >= 0.6 is 23.2 Å². The van der Waals surface area contributed by atoms with Crippen LogP contribution in [0.3, 0.4) is 0 Å². The summed E-state index contributed by atoms with van der Waals surface area (Å²) in [5.74, 6) is -1.25. The number of aliphatic carboxylic acids is 1. The summed E-state index contributed by atoms with van der Waals surface area (Å²) in [4.78, 5) is 12.7. The SMILES string of the molecule is NC(CS(=O)(=O)Cc1ccc(N(CCCl)CCCl)cc1)C(=O)O. The lowest BCUT2D eigenvalue weighted by atomic mass is 10.2. The molecule has 1 rings (SSSR count). The van der Waals surface area contributed by atoms with Gasteiger partial charge in [0.15, 0.2) is 9.84 Å². The molecule has 130 valence electrons. The van der Waals surface area contributed by atoms with Gasteiger partial charge in [0.25, 0.3) is 0 Å². The van der Waals surface area contributed by atoms with Crippen molar-refractivity contribution in [2.45, 2.75) is 11.8 Å². The standard InChI is InChI=1S/C14H20Cl2N2O4S/c15-5-7-18(8-6-16)12-3-1-11(2-4-12)9-23(21,22)10-13(17)14(19)20/h1-4,13H,5-10,17H2,(H,19,20). The van der Waals surface area contributed by atoms with Gasteiger partial charge in [0.1, 0.15) is 6.04 Å². The number of halogens is 2. The van der Waals surface area contributed by atoms with E-state index < -0.39 is 27.6 Å². The van der Waals surface area contributed by atoms with Gasteiger partial charge in [-0.3, -0.25) is 4.79 Å². The van der Waals surface area contributed by atoms with E-state index in [1.807, 2.05) is 4.90 Å². The first kappa shape index (κ1) is 20.0. The number of benzene rings is 1.